The summed E-state index contributed by atoms with van der Waals surface area (Å²) in [6.07, 6.45) is 5.17. The molecule has 4 aromatic heterocycles. The van der Waals surface area contributed by atoms with Crippen LogP contribution in [-0.2, 0) is 6.54 Å². The van der Waals surface area contributed by atoms with Crippen molar-refractivity contribution in [2.75, 3.05) is 58.3 Å². The highest BCUT2D eigenvalue weighted by molar-refractivity contribution is 6.08. The Morgan fingerprint density at radius 2 is 1.88 bits per heavy atom. The minimum atomic E-state index is -0.257. The van der Waals surface area contributed by atoms with Crippen molar-refractivity contribution in [3.63, 3.8) is 0 Å². The fourth-order valence-electron chi connectivity index (χ4n) is 5.04. The normalized spacial score (nSPS) is 14.5. The Kier molecular flexibility index (Phi) is 7.79. The van der Waals surface area contributed by atoms with Crippen molar-refractivity contribution in [1.29, 1.82) is 0 Å². The van der Waals surface area contributed by atoms with E-state index in [2.05, 4.69) is 37.2 Å². The highest BCUT2D eigenvalue weighted by Gasteiger charge is 2.17. The number of carbonyl (C=O) groups excluding carboxylic acids is 1. The Balaban J connectivity index is 1.13. The molecule has 41 heavy (non-hydrogen) atoms. The maximum atomic E-state index is 13.3. The van der Waals surface area contributed by atoms with Crippen molar-refractivity contribution in [2.24, 2.45) is 0 Å². The first-order valence-electron chi connectivity index (χ1n) is 13.9. The Hall–Kier alpha value is -4.48. The lowest BCUT2D eigenvalue weighted by atomic mass is 10.2. The lowest BCUT2D eigenvalue weighted by Gasteiger charge is -2.32. The Bertz CT molecular complexity index is 1650. The van der Waals surface area contributed by atoms with Crippen LogP contribution in [0.25, 0.3) is 16.6 Å². The topological polar surface area (TPSA) is 102 Å². The molecule has 0 atom stereocenters. The van der Waals surface area contributed by atoms with Crippen LogP contribution in [0.15, 0.2) is 67.1 Å². The van der Waals surface area contributed by atoms with E-state index in [-0.39, 0.29) is 5.91 Å². The standard InChI is InChI=1S/C30H34N8O3/c1-3-40-29-9-4-6-22(33-29)21-38-26-8-5-7-25(24(26)19-32-38)34-30(39)27-20-31-28-18-23(10-11-37(27)28)41-17-16-36-14-12-35(2)13-15-36/h4-11,18-20H,3,12-17,21H2,1-2H3,(H,34,39). The number of pyridine rings is 2. The molecule has 5 aromatic rings. The van der Waals surface area contributed by atoms with Gasteiger partial charge in [0.05, 0.1) is 42.4 Å². The third-order valence-electron chi connectivity index (χ3n) is 7.31. The van der Waals surface area contributed by atoms with Crippen LogP contribution in [0, 0.1) is 0 Å². The quantitative estimate of drug-likeness (QED) is 0.280. The molecule has 0 saturated carbocycles. The number of hydrogen-bond donors (Lipinski definition) is 1. The van der Waals surface area contributed by atoms with Crippen LogP contribution < -0.4 is 14.8 Å². The predicted molar refractivity (Wildman–Crippen MR) is 157 cm³/mol. The highest BCUT2D eigenvalue weighted by Crippen LogP contribution is 2.25. The summed E-state index contributed by atoms with van der Waals surface area (Å²) in [5, 5.41) is 8.44. The van der Waals surface area contributed by atoms with Crippen molar-refractivity contribution in [2.45, 2.75) is 13.5 Å². The minimum Gasteiger partial charge on any atom is -0.492 e. The number of imidazole rings is 1. The average Bonchev–Trinajstić information content (AvgIpc) is 3.59. The lowest BCUT2D eigenvalue weighted by Crippen LogP contribution is -2.45. The fourth-order valence-corrected chi connectivity index (χ4v) is 5.04. The van der Waals surface area contributed by atoms with E-state index in [9.17, 15) is 4.79 Å². The molecular weight excluding hydrogens is 520 g/mol. The largest absolute Gasteiger partial charge is 0.492 e. The van der Waals surface area contributed by atoms with Gasteiger partial charge < -0.3 is 19.7 Å². The molecule has 0 bridgehead atoms. The van der Waals surface area contributed by atoms with Gasteiger partial charge in [-0.3, -0.25) is 18.8 Å². The molecule has 0 spiro atoms. The van der Waals surface area contributed by atoms with E-state index in [1.54, 1.807) is 16.8 Å². The molecule has 1 saturated heterocycles. The van der Waals surface area contributed by atoms with E-state index in [0.717, 1.165) is 55.1 Å². The van der Waals surface area contributed by atoms with Crippen LogP contribution in [0.2, 0.25) is 0 Å². The second-order valence-corrected chi connectivity index (χ2v) is 10.1. The van der Waals surface area contributed by atoms with Gasteiger partial charge in [-0.15, -0.1) is 0 Å². The molecule has 1 amide bonds. The average molecular weight is 555 g/mol. The third kappa shape index (κ3) is 6.01. The van der Waals surface area contributed by atoms with Gasteiger partial charge in [0.2, 0.25) is 5.88 Å². The van der Waals surface area contributed by atoms with Gasteiger partial charge in [-0.25, -0.2) is 9.97 Å². The Morgan fingerprint density at radius 1 is 1.02 bits per heavy atom. The number of rotatable bonds is 10. The molecule has 0 radical (unpaired) electrons. The fraction of sp³-hybridized carbons (Fsp3) is 0.333. The number of amides is 1. The van der Waals surface area contributed by atoms with Crippen molar-refractivity contribution in [3.05, 3.63) is 78.5 Å². The van der Waals surface area contributed by atoms with E-state index < -0.39 is 0 Å². The zero-order valence-electron chi connectivity index (χ0n) is 23.4. The summed E-state index contributed by atoms with van der Waals surface area (Å²) >= 11 is 0. The molecule has 1 aliphatic heterocycles. The van der Waals surface area contributed by atoms with Gasteiger partial charge in [-0.1, -0.05) is 12.1 Å². The van der Waals surface area contributed by atoms with Gasteiger partial charge in [0.1, 0.15) is 23.7 Å². The van der Waals surface area contributed by atoms with E-state index in [4.69, 9.17) is 9.47 Å². The van der Waals surface area contributed by atoms with Gasteiger partial charge >= 0.3 is 0 Å². The molecule has 212 valence electrons. The Morgan fingerprint density at radius 3 is 2.73 bits per heavy atom. The van der Waals surface area contributed by atoms with Crippen LogP contribution in [0.1, 0.15) is 23.1 Å². The second-order valence-electron chi connectivity index (χ2n) is 10.1. The van der Waals surface area contributed by atoms with Gasteiger partial charge in [0, 0.05) is 56.4 Å². The summed E-state index contributed by atoms with van der Waals surface area (Å²) in [6.45, 7) is 8.76. The van der Waals surface area contributed by atoms with Crippen molar-refractivity contribution in [3.8, 4) is 11.6 Å². The van der Waals surface area contributed by atoms with E-state index >= 15 is 0 Å². The zero-order chi connectivity index (χ0) is 28.2. The first kappa shape index (κ1) is 26.7. The number of nitrogens with one attached hydrogen (secondary N) is 1. The molecule has 1 aromatic carbocycles. The number of hydrogen-bond acceptors (Lipinski definition) is 8. The van der Waals surface area contributed by atoms with Crippen LogP contribution in [0.3, 0.4) is 0 Å². The first-order valence-corrected chi connectivity index (χ1v) is 13.9. The molecule has 6 rings (SSSR count). The summed E-state index contributed by atoms with van der Waals surface area (Å²) in [6, 6.07) is 15.2. The van der Waals surface area contributed by atoms with Gasteiger partial charge in [-0.05, 0) is 38.2 Å². The van der Waals surface area contributed by atoms with Crippen molar-refractivity contribution in [1.82, 2.24) is 33.9 Å². The van der Waals surface area contributed by atoms with Crippen LogP contribution in [0.5, 0.6) is 11.6 Å². The summed E-state index contributed by atoms with van der Waals surface area (Å²) in [7, 11) is 2.15. The molecule has 0 aliphatic carbocycles. The number of likely N-dealkylation sites (N-methyl/N-ethyl adjacent to an activating group) is 1. The summed E-state index contributed by atoms with van der Waals surface area (Å²) in [4.78, 5) is 27.1. The van der Waals surface area contributed by atoms with Gasteiger partial charge in [0.25, 0.3) is 5.91 Å². The van der Waals surface area contributed by atoms with Crippen LogP contribution in [0.4, 0.5) is 5.69 Å². The molecule has 1 fully saturated rings. The lowest BCUT2D eigenvalue weighted by molar-refractivity contribution is 0.102. The first-order chi connectivity index (χ1) is 20.1. The molecular formula is C30H34N8O3. The number of anilines is 1. The number of piperazine rings is 1. The zero-order valence-corrected chi connectivity index (χ0v) is 23.4. The minimum absolute atomic E-state index is 0.257. The Labute approximate surface area is 238 Å². The molecule has 11 heteroatoms. The maximum absolute atomic E-state index is 13.3. The number of fused-ring (bicyclic) bond motifs is 2. The number of carbonyl (C=O) groups is 1. The molecule has 5 heterocycles. The van der Waals surface area contributed by atoms with E-state index in [1.807, 2.05) is 66.3 Å². The summed E-state index contributed by atoms with van der Waals surface area (Å²) in [5.74, 6) is 1.07. The van der Waals surface area contributed by atoms with Gasteiger partial charge in [0.15, 0.2) is 0 Å². The molecule has 1 aliphatic rings. The number of benzene rings is 1. The molecule has 1 N–H and O–H groups in total. The van der Waals surface area contributed by atoms with Crippen molar-refractivity contribution < 1.29 is 14.3 Å². The maximum Gasteiger partial charge on any atom is 0.274 e. The summed E-state index contributed by atoms with van der Waals surface area (Å²) < 4.78 is 15.1. The summed E-state index contributed by atoms with van der Waals surface area (Å²) in [5.41, 5.74) is 3.49. The highest BCUT2D eigenvalue weighted by atomic mass is 16.5. The van der Waals surface area contributed by atoms with Crippen LogP contribution in [-0.4, -0.2) is 92.8 Å². The van der Waals surface area contributed by atoms with Crippen molar-refractivity contribution >= 4 is 28.1 Å². The third-order valence-corrected chi connectivity index (χ3v) is 7.31. The number of aromatic nitrogens is 5. The second kappa shape index (κ2) is 11.9. The van der Waals surface area contributed by atoms with Gasteiger partial charge in [-0.2, -0.15) is 5.10 Å². The SMILES string of the molecule is CCOc1cccc(Cn2ncc3c(NC(=O)c4cnc5cc(OCCN6CCN(C)CC6)ccn45)cccc32)n1. The monoisotopic (exact) mass is 554 g/mol. The number of ether oxygens (including phenoxy) is 2. The number of nitrogens with zero attached hydrogens (tertiary/aromatic N) is 7. The van der Waals surface area contributed by atoms with Crippen LogP contribution >= 0.6 is 0 Å². The van der Waals surface area contributed by atoms with E-state index in [0.29, 0.717) is 42.7 Å². The molecule has 11 nitrogen and oxygen atoms in total. The van der Waals surface area contributed by atoms with E-state index in [1.165, 1.54) is 0 Å². The smallest absolute Gasteiger partial charge is 0.274 e. The molecule has 0 unspecified atom stereocenters. The predicted octanol–water partition coefficient (Wildman–Crippen LogP) is 3.40.